The number of benzene rings is 1. The molecule has 0 aliphatic heterocycles. The predicted octanol–water partition coefficient (Wildman–Crippen LogP) is 3.61. The lowest BCUT2D eigenvalue weighted by Crippen LogP contribution is -2.42. The largest absolute Gasteiger partial charge is 0.369 e. The summed E-state index contributed by atoms with van der Waals surface area (Å²) >= 11 is 0. The van der Waals surface area contributed by atoms with Crippen LogP contribution in [0.3, 0.4) is 0 Å². The summed E-state index contributed by atoms with van der Waals surface area (Å²) in [4.78, 5) is 0. The average molecular weight is 259 g/mol. The van der Waals surface area contributed by atoms with Crippen molar-refractivity contribution < 1.29 is 4.74 Å². The third-order valence-electron chi connectivity index (χ3n) is 4.73. The van der Waals surface area contributed by atoms with Gasteiger partial charge in [0.25, 0.3) is 0 Å². The smallest absolute Gasteiger partial charge is 0.0832 e. The van der Waals surface area contributed by atoms with E-state index in [-0.39, 0.29) is 0 Å². The zero-order chi connectivity index (χ0) is 13.1. The highest BCUT2D eigenvalue weighted by molar-refractivity contribution is 5.31. The van der Waals surface area contributed by atoms with E-state index in [0.717, 1.165) is 0 Å². The molecule has 0 amide bonds. The molecule has 0 aromatic heterocycles. The van der Waals surface area contributed by atoms with E-state index in [1.165, 1.54) is 56.1 Å². The van der Waals surface area contributed by atoms with Crippen LogP contribution in [0.2, 0.25) is 0 Å². The van der Waals surface area contributed by atoms with E-state index in [2.05, 4.69) is 36.6 Å². The van der Waals surface area contributed by atoms with Crippen LogP contribution in [-0.2, 0) is 11.2 Å². The highest BCUT2D eigenvalue weighted by atomic mass is 16.5. The number of ether oxygens (including phenoxy) is 1. The molecule has 1 fully saturated rings. The summed E-state index contributed by atoms with van der Waals surface area (Å²) in [5.41, 5.74) is 2.93. The molecule has 3 rings (SSSR count). The third-order valence-corrected chi connectivity index (χ3v) is 4.73. The number of rotatable bonds is 3. The minimum Gasteiger partial charge on any atom is -0.369 e. The number of hydrogen-bond donors (Lipinski definition) is 1. The molecule has 1 aromatic rings. The van der Waals surface area contributed by atoms with Gasteiger partial charge in [0.2, 0.25) is 0 Å². The quantitative estimate of drug-likeness (QED) is 0.895. The van der Waals surface area contributed by atoms with Crippen LogP contribution in [0.15, 0.2) is 24.3 Å². The molecule has 0 radical (unpaired) electrons. The second-order valence-electron chi connectivity index (χ2n) is 5.93. The van der Waals surface area contributed by atoms with Gasteiger partial charge >= 0.3 is 0 Å². The Balaban J connectivity index is 1.73. The summed E-state index contributed by atoms with van der Waals surface area (Å²) in [6, 6.07) is 9.37. The molecule has 2 heteroatoms. The van der Waals surface area contributed by atoms with Crippen LogP contribution in [0.5, 0.6) is 0 Å². The molecule has 2 aliphatic carbocycles. The second-order valence-corrected chi connectivity index (χ2v) is 5.93. The lowest BCUT2D eigenvalue weighted by Gasteiger charge is -2.36. The first-order chi connectivity index (χ1) is 9.38. The van der Waals surface area contributed by atoms with Crippen molar-refractivity contribution in [2.75, 3.05) is 7.05 Å². The van der Waals surface area contributed by atoms with E-state index in [9.17, 15) is 0 Å². The molecular weight excluding hydrogens is 234 g/mol. The first-order valence-corrected chi connectivity index (χ1v) is 7.79. The molecule has 1 saturated carbocycles. The molecule has 2 aliphatic rings. The summed E-state index contributed by atoms with van der Waals surface area (Å²) < 4.78 is 6.50. The van der Waals surface area contributed by atoms with Gasteiger partial charge in [0, 0.05) is 6.04 Å². The zero-order valence-corrected chi connectivity index (χ0v) is 11.9. The van der Waals surface area contributed by atoms with E-state index in [1.54, 1.807) is 0 Å². The lowest BCUT2D eigenvalue weighted by molar-refractivity contribution is -0.0538. The first kappa shape index (κ1) is 13.1. The summed E-state index contributed by atoms with van der Waals surface area (Å²) in [5.74, 6) is 0. The molecule has 0 bridgehead atoms. The van der Waals surface area contributed by atoms with E-state index in [0.29, 0.717) is 18.2 Å². The number of aryl methyl sites for hydroxylation is 1. The maximum absolute atomic E-state index is 6.50. The van der Waals surface area contributed by atoms with Gasteiger partial charge < -0.3 is 10.1 Å². The SMILES string of the molecule is CNC1CCCCC1OC1CCCc2ccccc21. The fraction of sp³-hybridized carbons (Fsp3) is 0.647. The Labute approximate surface area is 116 Å². The summed E-state index contributed by atoms with van der Waals surface area (Å²) in [6.07, 6.45) is 9.52. The molecule has 0 heterocycles. The summed E-state index contributed by atoms with van der Waals surface area (Å²) in [5, 5.41) is 3.44. The number of nitrogens with one attached hydrogen (secondary N) is 1. The fourth-order valence-corrected chi connectivity index (χ4v) is 3.65. The second kappa shape index (κ2) is 6.06. The van der Waals surface area contributed by atoms with Gasteiger partial charge in [-0.2, -0.15) is 0 Å². The average Bonchev–Trinajstić information content (AvgIpc) is 2.48. The monoisotopic (exact) mass is 259 g/mol. The van der Waals surface area contributed by atoms with Gasteiger partial charge in [0.1, 0.15) is 0 Å². The van der Waals surface area contributed by atoms with Crippen molar-refractivity contribution in [1.29, 1.82) is 0 Å². The van der Waals surface area contributed by atoms with Crippen molar-refractivity contribution in [2.45, 2.75) is 63.2 Å². The molecule has 3 unspecified atom stereocenters. The molecule has 0 spiro atoms. The summed E-state index contributed by atoms with van der Waals surface area (Å²) in [6.45, 7) is 0. The van der Waals surface area contributed by atoms with Crippen LogP contribution < -0.4 is 5.32 Å². The molecule has 1 aromatic carbocycles. The Morgan fingerprint density at radius 2 is 1.89 bits per heavy atom. The van der Waals surface area contributed by atoms with Crippen LogP contribution in [-0.4, -0.2) is 19.2 Å². The minimum atomic E-state index is 0.323. The van der Waals surface area contributed by atoms with Gasteiger partial charge in [-0.3, -0.25) is 0 Å². The van der Waals surface area contributed by atoms with Crippen molar-refractivity contribution in [2.24, 2.45) is 0 Å². The molecular formula is C17H25NO. The maximum Gasteiger partial charge on any atom is 0.0832 e. The van der Waals surface area contributed by atoms with Gasteiger partial charge in [-0.05, 0) is 50.3 Å². The lowest BCUT2D eigenvalue weighted by atomic mass is 9.88. The zero-order valence-electron chi connectivity index (χ0n) is 11.9. The van der Waals surface area contributed by atoms with Gasteiger partial charge in [0.15, 0.2) is 0 Å². The molecule has 0 saturated heterocycles. The van der Waals surface area contributed by atoms with Crippen LogP contribution in [0, 0.1) is 0 Å². The van der Waals surface area contributed by atoms with Crippen LogP contribution >= 0.6 is 0 Å². The minimum absolute atomic E-state index is 0.323. The molecule has 104 valence electrons. The normalized spacial score (nSPS) is 30.9. The number of hydrogen-bond acceptors (Lipinski definition) is 2. The Morgan fingerprint density at radius 1 is 1.05 bits per heavy atom. The van der Waals surface area contributed by atoms with E-state index in [1.807, 2.05) is 0 Å². The maximum atomic E-state index is 6.50. The fourth-order valence-electron chi connectivity index (χ4n) is 3.65. The highest BCUT2D eigenvalue weighted by Crippen LogP contribution is 2.35. The highest BCUT2D eigenvalue weighted by Gasteiger charge is 2.29. The van der Waals surface area contributed by atoms with E-state index < -0.39 is 0 Å². The molecule has 19 heavy (non-hydrogen) atoms. The van der Waals surface area contributed by atoms with Gasteiger partial charge in [-0.1, -0.05) is 37.1 Å². The van der Waals surface area contributed by atoms with E-state index in [4.69, 9.17) is 4.74 Å². The van der Waals surface area contributed by atoms with Crippen molar-refractivity contribution >= 4 is 0 Å². The number of fused-ring (bicyclic) bond motifs is 1. The van der Waals surface area contributed by atoms with E-state index >= 15 is 0 Å². The van der Waals surface area contributed by atoms with Crippen LogP contribution in [0.1, 0.15) is 55.8 Å². The summed E-state index contributed by atoms with van der Waals surface area (Å²) in [7, 11) is 2.07. The Morgan fingerprint density at radius 3 is 2.79 bits per heavy atom. The first-order valence-electron chi connectivity index (χ1n) is 7.79. The topological polar surface area (TPSA) is 21.3 Å². The van der Waals surface area contributed by atoms with Crippen molar-refractivity contribution in [3.05, 3.63) is 35.4 Å². The van der Waals surface area contributed by atoms with Crippen LogP contribution in [0.4, 0.5) is 0 Å². The van der Waals surface area contributed by atoms with Crippen molar-refractivity contribution in [1.82, 2.24) is 5.32 Å². The van der Waals surface area contributed by atoms with Crippen molar-refractivity contribution in [3.63, 3.8) is 0 Å². The van der Waals surface area contributed by atoms with Gasteiger partial charge in [-0.25, -0.2) is 0 Å². The molecule has 2 nitrogen and oxygen atoms in total. The van der Waals surface area contributed by atoms with Gasteiger partial charge in [-0.15, -0.1) is 0 Å². The predicted molar refractivity (Wildman–Crippen MR) is 78.3 cm³/mol. The molecule has 1 N–H and O–H groups in total. The Hall–Kier alpha value is -0.860. The Kier molecular flexibility index (Phi) is 4.19. The molecule has 3 atom stereocenters. The standard InChI is InChI=1S/C17H25NO/c1-18-15-10-4-5-11-17(15)19-16-12-6-8-13-7-2-3-9-14(13)16/h2-3,7,9,15-18H,4-6,8,10-12H2,1H3. The van der Waals surface area contributed by atoms with Crippen LogP contribution in [0.25, 0.3) is 0 Å². The number of likely N-dealkylation sites (N-methyl/N-ethyl adjacent to an activating group) is 1. The third kappa shape index (κ3) is 2.85. The van der Waals surface area contributed by atoms with Gasteiger partial charge in [0.05, 0.1) is 12.2 Å². The Bertz CT molecular complexity index is 417. The van der Waals surface area contributed by atoms with Crippen molar-refractivity contribution in [3.8, 4) is 0 Å².